The molecule has 1 N–H and O–H groups in total. The van der Waals surface area contributed by atoms with E-state index in [2.05, 4.69) is 15.0 Å². The third-order valence-corrected chi connectivity index (χ3v) is 5.69. The molecule has 0 radical (unpaired) electrons. The number of carbonyl (C=O) groups is 1. The zero-order valence-electron chi connectivity index (χ0n) is 19.0. The average Bonchev–Trinajstić information content (AvgIpc) is 3.24. The Morgan fingerprint density at radius 1 is 1.11 bits per heavy atom. The summed E-state index contributed by atoms with van der Waals surface area (Å²) in [6.07, 6.45) is -4.91. The first-order valence-corrected chi connectivity index (χ1v) is 10.7. The molecule has 11 heteroatoms. The number of rotatable bonds is 6. The Morgan fingerprint density at radius 2 is 1.86 bits per heavy atom. The number of aromatic nitrogens is 1. The maximum atomic E-state index is 15.0. The second-order valence-corrected chi connectivity index (χ2v) is 8.21. The average molecular weight is 506 g/mol. The summed E-state index contributed by atoms with van der Waals surface area (Å²) >= 11 is 0. The topological polar surface area (TPSA) is 81.0 Å². The van der Waals surface area contributed by atoms with Gasteiger partial charge >= 0.3 is 12.1 Å². The monoisotopic (exact) mass is 506 g/mol. The summed E-state index contributed by atoms with van der Waals surface area (Å²) in [5.41, 5.74) is -0.346. The summed E-state index contributed by atoms with van der Waals surface area (Å²) in [6, 6.07) is 6.79. The van der Waals surface area contributed by atoms with Crippen molar-refractivity contribution in [2.45, 2.75) is 32.9 Å². The minimum Gasteiger partial charge on any atom is -0.506 e. The van der Waals surface area contributed by atoms with Crippen LogP contribution in [0.4, 0.5) is 22.0 Å². The van der Waals surface area contributed by atoms with Crippen molar-refractivity contribution in [1.82, 2.24) is 4.98 Å². The summed E-state index contributed by atoms with van der Waals surface area (Å²) in [5.74, 6) is -3.28. The summed E-state index contributed by atoms with van der Waals surface area (Å²) < 4.78 is 74.6. The Bertz CT molecular complexity index is 1390. The molecule has 2 aromatic carbocycles. The van der Waals surface area contributed by atoms with E-state index < -0.39 is 40.7 Å². The SMILES string of the molecule is Cc1cc(OCC2=NOC(=O)C2)c(F)c(C)c1Cc1ccc(O)c(-c2cccc(C(F)(F)F)c2F)n1. The molecule has 0 atom stereocenters. The van der Waals surface area contributed by atoms with Gasteiger partial charge < -0.3 is 14.7 Å². The fourth-order valence-corrected chi connectivity index (χ4v) is 3.83. The van der Waals surface area contributed by atoms with Crippen LogP contribution in [0.25, 0.3) is 11.3 Å². The zero-order valence-corrected chi connectivity index (χ0v) is 19.0. The van der Waals surface area contributed by atoms with Gasteiger partial charge in [0.15, 0.2) is 11.6 Å². The summed E-state index contributed by atoms with van der Waals surface area (Å²) in [4.78, 5) is 19.8. The van der Waals surface area contributed by atoms with Crippen molar-refractivity contribution >= 4 is 11.7 Å². The van der Waals surface area contributed by atoms with Crippen molar-refractivity contribution in [2.75, 3.05) is 6.61 Å². The van der Waals surface area contributed by atoms with Gasteiger partial charge in [-0.1, -0.05) is 11.2 Å². The van der Waals surface area contributed by atoms with Crippen LogP contribution in [-0.2, 0) is 22.2 Å². The van der Waals surface area contributed by atoms with Gasteiger partial charge in [0.2, 0.25) is 0 Å². The second-order valence-electron chi connectivity index (χ2n) is 8.21. The normalized spacial score (nSPS) is 13.5. The lowest BCUT2D eigenvalue weighted by Gasteiger charge is -2.16. The molecule has 1 aromatic heterocycles. The van der Waals surface area contributed by atoms with Gasteiger partial charge in [0.1, 0.15) is 29.6 Å². The summed E-state index contributed by atoms with van der Waals surface area (Å²) in [7, 11) is 0. The Morgan fingerprint density at radius 3 is 2.53 bits per heavy atom. The van der Waals surface area contributed by atoms with Gasteiger partial charge in [-0.05, 0) is 60.9 Å². The number of alkyl halides is 3. The number of oxime groups is 1. The highest BCUT2D eigenvalue weighted by atomic mass is 19.4. The Labute approximate surface area is 202 Å². The lowest BCUT2D eigenvalue weighted by atomic mass is 9.96. The lowest BCUT2D eigenvalue weighted by molar-refractivity contribution is -0.140. The van der Waals surface area contributed by atoms with Crippen molar-refractivity contribution < 1.29 is 41.4 Å². The van der Waals surface area contributed by atoms with Gasteiger partial charge in [0.25, 0.3) is 0 Å². The minimum absolute atomic E-state index is 0.0427. The molecule has 36 heavy (non-hydrogen) atoms. The maximum absolute atomic E-state index is 15.0. The largest absolute Gasteiger partial charge is 0.506 e. The molecule has 0 fully saturated rings. The van der Waals surface area contributed by atoms with Crippen molar-refractivity contribution in [3.05, 3.63) is 76.0 Å². The minimum atomic E-state index is -4.92. The first-order valence-electron chi connectivity index (χ1n) is 10.7. The molecule has 1 aliphatic heterocycles. The van der Waals surface area contributed by atoms with Crippen molar-refractivity contribution in [1.29, 1.82) is 0 Å². The second kappa shape index (κ2) is 9.56. The molecule has 6 nitrogen and oxygen atoms in total. The Kier molecular flexibility index (Phi) is 6.66. The molecule has 0 saturated carbocycles. The van der Waals surface area contributed by atoms with E-state index in [4.69, 9.17) is 4.74 Å². The first-order chi connectivity index (χ1) is 17.0. The van der Waals surface area contributed by atoms with Crippen LogP contribution in [0.15, 0.2) is 41.6 Å². The number of aromatic hydroxyl groups is 1. The molecule has 188 valence electrons. The maximum Gasteiger partial charge on any atom is 0.419 e. The van der Waals surface area contributed by atoms with Crippen LogP contribution in [0.2, 0.25) is 0 Å². The number of benzene rings is 2. The van der Waals surface area contributed by atoms with E-state index in [-0.39, 0.29) is 42.1 Å². The van der Waals surface area contributed by atoms with Crippen LogP contribution in [0.1, 0.15) is 34.4 Å². The van der Waals surface area contributed by atoms with Gasteiger partial charge in [0.05, 0.1) is 12.0 Å². The molecule has 0 bridgehead atoms. The van der Waals surface area contributed by atoms with Crippen LogP contribution < -0.4 is 4.74 Å². The van der Waals surface area contributed by atoms with E-state index in [0.29, 0.717) is 22.9 Å². The predicted molar refractivity (Wildman–Crippen MR) is 119 cm³/mol. The molecule has 4 rings (SSSR count). The van der Waals surface area contributed by atoms with E-state index in [0.717, 1.165) is 12.1 Å². The molecule has 0 aliphatic carbocycles. The lowest BCUT2D eigenvalue weighted by Crippen LogP contribution is -2.12. The molecule has 2 heterocycles. The molecule has 0 unspecified atom stereocenters. The molecule has 1 aliphatic rings. The van der Waals surface area contributed by atoms with E-state index in [1.807, 2.05) is 0 Å². The predicted octanol–water partition coefficient (Wildman–Crippen LogP) is 5.64. The molecule has 0 spiro atoms. The number of hydrogen-bond acceptors (Lipinski definition) is 6. The number of halogens is 5. The quantitative estimate of drug-likeness (QED) is 0.346. The van der Waals surface area contributed by atoms with Crippen LogP contribution in [-0.4, -0.2) is 28.4 Å². The highest BCUT2D eigenvalue weighted by Gasteiger charge is 2.35. The van der Waals surface area contributed by atoms with Gasteiger partial charge in [-0.3, -0.25) is 0 Å². The fraction of sp³-hybridized carbons (Fsp3) is 0.240. The third-order valence-electron chi connectivity index (χ3n) is 5.69. The molecular weight excluding hydrogens is 487 g/mol. The fourth-order valence-electron chi connectivity index (χ4n) is 3.83. The molecular formula is C25H19F5N2O4. The highest BCUT2D eigenvalue weighted by Crippen LogP contribution is 2.38. The van der Waals surface area contributed by atoms with Crippen molar-refractivity contribution in [2.24, 2.45) is 5.16 Å². The number of hydrogen-bond donors (Lipinski definition) is 1. The van der Waals surface area contributed by atoms with Crippen LogP contribution in [0.5, 0.6) is 11.5 Å². The Balaban J connectivity index is 1.63. The summed E-state index contributed by atoms with van der Waals surface area (Å²) in [5, 5.41) is 13.7. The standard InChI is InChI=1S/C25H19F5N2O4/c1-12-8-20(35-11-15-10-21(34)36-32-15)22(26)13(2)17(12)9-14-6-7-19(33)24(31-14)16-4-3-5-18(23(16)27)25(28,29)30/h3-8,33H,9-11H2,1-2H3. The molecule has 0 saturated heterocycles. The smallest absolute Gasteiger partial charge is 0.419 e. The van der Waals surface area contributed by atoms with Crippen molar-refractivity contribution in [3.8, 4) is 22.8 Å². The van der Waals surface area contributed by atoms with Crippen LogP contribution in [0.3, 0.4) is 0 Å². The Hall–Kier alpha value is -4.02. The van der Waals surface area contributed by atoms with E-state index in [1.165, 1.54) is 25.1 Å². The van der Waals surface area contributed by atoms with Gasteiger partial charge in [-0.2, -0.15) is 13.2 Å². The zero-order chi connectivity index (χ0) is 26.2. The van der Waals surface area contributed by atoms with Gasteiger partial charge in [-0.15, -0.1) is 0 Å². The van der Waals surface area contributed by atoms with Crippen molar-refractivity contribution in [3.63, 3.8) is 0 Å². The van der Waals surface area contributed by atoms with Crippen LogP contribution in [0, 0.1) is 25.5 Å². The number of aryl methyl sites for hydroxylation is 1. The number of ether oxygens (including phenoxy) is 1. The summed E-state index contributed by atoms with van der Waals surface area (Å²) in [6.45, 7) is 3.10. The number of pyridine rings is 1. The number of nitrogens with zero attached hydrogens (tertiary/aromatic N) is 2. The van der Waals surface area contributed by atoms with Gasteiger partial charge in [-0.25, -0.2) is 18.6 Å². The van der Waals surface area contributed by atoms with Crippen LogP contribution >= 0.6 is 0 Å². The first kappa shape index (κ1) is 25.1. The van der Waals surface area contributed by atoms with E-state index >= 15 is 4.39 Å². The van der Waals surface area contributed by atoms with Gasteiger partial charge in [0, 0.05) is 17.7 Å². The van der Waals surface area contributed by atoms with E-state index in [9.17, 15) is 27.5 Å². The molecule has 0 amide bonds. The third kappa shape index (κ3) is 5.00. The molecule has 3 aromatic rings. The van der Waals surface area contributed by atoms with E-state index in [1.54, 1.807) is 6.92 Å². The number of carbonyl (C=O) groups excluding carboxylic acids is 1. The highest BCUT2D eigenvalue weighted by molar-refractivity contribution is 6.02.